The third-order valence-electron chi connectivity index (χ3n) is 7.05. The van der Waals surface area contributed by atoms with Crippen LogP contribution in [-0.2, 0) is 11.2 Å². The van der Waals surface area contributed by atoms with Gasteiger partial charge in [-0.25, -0.2) is 8.78 Å². The lowest BCUT2D eigenvalue weighted by Crippen LogP contribution is -2.30. The van der Waals surface area contributed by atoms with E-state index in [-0.39, 0.29) is 23.5 Å². The molecule has 2 unspecified atom stereocenters. The maximum Gasteiger partial charge on any atom is 0.160 e. The van der Waals surface area contributed by atoms with E-state index in [1.54, 1.807) is 6.92 Å². The second kappa shape index (κ2) is 9.48. The van der Waals surface area contributed by atoms with Crippen LogP contribution in [0.4, 0.5) is 14.5 Å². The van der Waals surface area contributed by atoms with Crippen molar-refractivity contribution in [3.63, 3.8) is 0 Å². The number of carbonyl (C=O) groups is 1. The minimum absolute atomic E-state index is 0.0984. The van der Waals surface area contributed by atoms with E-state index in [2.05, 4.69) is 20.8 Å². The zero-order chi connectivity index (χ0) is 22.8. The molecule has 3 nitrogen and oxygen atoms in total. The Morgan fingerprint density at radius 3 is 2.39 bits per heavy atom. The van der Waals surface area contributed by atoms with Gasteiger partial charge in [-0.05, 0) is 87.2 Å². The predicted octanol–water partition coefficient (Wildman–Crippen LogP) is 6.72. The Bertz CT molecular complexity index is 835. The van der Waals surface area contributed by atoms with Crippen LogP contribution in [0.2, 0.25) is 0 Å². The molecule has 0 radical (unpaired) electrons. The van der Waals surface area contributed by atoms with Crippen molar-refractivity contribution in [1.82, 2.24) is 0 Å². The number of aryl methyl sites for hydroxylation is 1. The molecule has 1 saturated carbocycles. The number of hydrogen-bond donors (Lipinski definition) is 1. The number of unbranched alkanes of at least 4 members (excludes halogenated alkanes) is 1. The minimum atomic E-state index is -0.858. The van der Waals surface area contributed by atoms with Crippen molar-refractivity contribution in [3.05, 3.63) is 29.3 Å². The molecule has 1 aromatic rings. The van der Waals surface area contributed by atoms with Gasteiger partial charge in [0, 0.05) is 24.6 Å². The molecule has 5 heteroatoms. The van der Waals surface area contributed by atoms with Gasteiger partial charge in [-0.1, -0.05) is 20.8 Å². The fourth-order valence-electron chi connectivity index (χ4n) is 4.70. The number of rotatable bonds is 8. The second-order valence-electron chi connectivity index (χ2n) is 10.9. The van der Waals surface area contributed by atoms with Crippen LogP contribution in [-0.4, -0.2) is 22.2 Å². The molecular formula is C26H37F2NO2. The van der Waals surface area contributed by atoms with E-state index < -0.39 is 17.2 Å². The summed E-state index contributed by atoms with van der Waals surface area (Å²) in [5.74, 6) is -0.873. The van der Waals surface area contributed by atoms with Crippen molar-refractivity contribution in [2.24, 2.45) is 22.2 Å². The largest absolute Gasteiger partial charge is 0.389 e. The van der Waals surface area contributed by atoms with E-state index in [1.165, 1.54) is 12.1 Å². The molecule has 1 aliphatic heterocycles. The van der Waals surface area contributed by atoms with E-state index in [1.807, 2.05) is 0 Å². The molecule has 172 valence electrons. The number of aliphatic hydroxyl groups is 1. The molecule has 1 N–H and O–H groups in total. The maximum atomic E-state index is 13.8. The quantitative estimate of drug-likeness (QED) is 0.463. The lowest BCUT2D eigenvalue weighted by atomic mass is 9.74. The first kappa shape index (κ1) is 24.0. The molecule has 2 atom stereocenters. The Labute approximate surface area is 185 Å². The Balaban J connectivity index is 1.63. The lowest BCUT2D eigenvalue weighted by molar-refractivity contribution is -0.124. The van der Waals surface area contributed by atoms with Crippen LogP contribution < -0.4 is 0 Å². The average molecular weight is 434 g/mol. The topological polar surface area (TPSA) is 49.7 Å². The summed E-state index contributed by atoms with van der Waals surface area (Å²) in [6, 6.07) is 2.51. The van der Waals surface area contributed by atoms with Crippen LogP contribution in [0.15, 0.2) is 17.1 Å². The molecule has 0 saturated heterocycles. The number of nitrogens with zero attached hydrogens (tertiary/aromatic N) is 1. The van der Waals surface area contributed by atoms with E-state index in [4.69, 9.17) is 4.99 Å². The summed E-state index contributed by atoms with van der Waals surface area (Å²) in [6.07, 6.45) is 7.51. The fraction of sp³-hybridized carbons (Fsp3) is 0.692. The number of halogens is 2. The first-order valence-electron chi connectivity index (χ1n) is 11.7. The molecule has 1 aliphatic carbocycles. The number of benzene rings is 1. The first-order valence-corrected chi connectivity index (χ1v) is 11.7. The lowest BCUT2D eigenvalue weighted by Gasteiger charge is -2.33. The molecule has 2 aliphatic rings. The fourth-order valence-corrected chi connectivity index (χ4v) is 4.70. The molecular weight excluding hydrogens is 396 g/mol. The van der Waals surface area contributed by atoms with E-state index in [0.717, 1.165) is 56.2 Å². The predicted molar refractivity (Wildman–Crippen MR) is 121 cm³/mol. The summed E-state index contributed by atoms with van der Waals surface area (Å²) < 4.78 is 27.6. The van der Waals surface area contributed by atoms with Gasteiger partial charge in [0.25, 0.3) is 0 Å². The van der Waals surface area contributed by atoms with Gasteiger partial charge < -0.3 is 5.11 Å². The highest BCUT2D eigenvalue weighted by molar-refractivity contribution is 5.88. The Morgan fingerprint density at radius 2 is 1.74 bits per heavy atom. The SMILES string of the molecule is CC(C)(C)C1CCc2cc(F)c(F)cc2N=C(CCCCC(=O)CC(C)(O)C2CC2)C1. The van der Waals surface area contributed by atoms with Gasteiger partial charge in [-0.2, -0.15) is 0 Å². The van der Waals surface area contributed by atoms with Crippen LogP contribution in [0, 0.1) is 28.9 Å². The van der Waals surface area contributed by atoms with Crippen molar-refractivity contribution >= 4 is 17.2 Å². The highest BCUT2D eigenvalue weighted by atomic mass is 19.2. The molecule has 0 spiro atoms. The number of hydrogen-bond acceptors (Lipinski definition) is 3. The van der Waals surface area contributed by atoms with E-state index in [9.17, 15) is 18.7 Å². The average Bonchev–Trinajstić information content (AvgIpc) is 3.48. The molecule has 31 heavy (non-hydrogen) atoms. The number of fused-ring (bicyclic) bond motifs is 1. The second-order valence-corrected chi connectivity index (χ2v) is 10.9. The third kappa shape index (κ3) is 6.68. The van der Waals surface area contributed by atoms with Crippen LogP contribution in [0.3, 0.4) is 0 Å². The van der Waals surface area contributed by atoms with Crippen molar-refractivity contribution in [1.29, 1.82) is 0 Å². The van der Waals surface area contributed by atoms with Gasteiger partial charge >= 0.3 is 0 Å². The van der Waals surface area contributed by atoms with Crippen molar-refractivity contribution in [2.45, 2.75) is 97.5 Å². The van der Waals surface area contributed by atoms with Crippen molar-refractivity contribution in [3.8, 4) is 0 Å². The van der Waals surface area contributed by atoms with Gasteiger partial charge in [0.05, 0.1) is 11.3 Å². The molecule has 0 amide bonds. The zero-order valence-corrected chi connectivity index (χ0v) is 19.4. The molecule has 1 aromatic carbocycles. The Hall–Kier alpha value is -1.62. The summed E-state index contributed by atoms with van der Waals surface area (Å²) in [7, 11) is 0. The standard InChI is InChI=1S/C26H37F2NO2/c1-25(2,3)19-10-9-17-13-22(27)23(28)15-24(17)29-20(14-19)7-5-6-8-21(30)16-26(4,31)18-11-12-18/h13,15,18-19,31H,5-12,14,16H2,1-4H3. The number of Topliss-reactive ketones (excluding diaryl/α,β-unsaturated/α-hetero) is 1. The first-order chi connectivity index (χ1) is 14.5. The summed E-state index contributed by atoms with van der Waals surface area (Å²) in [4.78, 5) is 17.0. The summed E-state index contributed by atoms with van der Waals surface area (Å²) >= 11 is 0. The molecule has 0 aromatic heterocycles. The third-order valence-corrected chi connectivity index (χ3v) is 7.05. The van der Waals surface area contributed by atoms with Gasteiger partial charge in [0.15, 0.2) is 11.6 Å². The van der Waals surface area contributed by atoms with Gasteiger partial charge in [0.2, 0.25) is 0 Å². The summed E-state index contributed by atoms with van der Waals surface area (Å²) in [5.41, 5.74) is 1.55. The molecule has 1 heterocycles. The van der Waals surface area contributed by atoms with Gasteiger partial charge in [0.1, 0.15) is 5.78 Å². The molecule has 1 fully saturated rings. The highest BCUT2D eigenvalue weighted by Gasteiger charge is 2.40. The Kier molecular flexibility index (Phi) is 7.35. The normalized spacial score (nSPS) is 21.5. The van der Waals surface area contributed by atoms with Crippen molar-refractivity contribution < 1.29 is 18.7 Å². The summed E-state index contributed by atoms with van der Waals surface area (Å²) in [5, 5.41) is 10.4. The van der Waals surface area contributed by atoms with Crippen LogP contribution in [0.25, 0.3) is 0 Å². The van der Waals surface area contributed by atoms with Crippen molar-refractivity contribution in [2.75, 3.05) is 0 Å². The van der Waals surface area contributed by atoms with E-state index >= 15 is 0 Å². The summed E-state index contributed by atoms with van der Waals surface area (Å²) in [6.45, 7) is 8.42. The zero-order valence-electron chi connectivity index (χ0n) is 19.4. The number of ketones is 1. The van der Waals surface area contributed by atoms with Crippen LogP contribution in [0.5, 0.6) is 0 Å². The van der Waals surface area contributed by atoms with Crippen LogP contribution >= 0.6 is 0 Å². The van der Waals surface area contributed by atoms with Crippen LogP contribution in [0.1, 0.15) is 91.0 Å². The highest BCUT2D eigenvalue weighted by Crippen LogP contribution is 2.41. The number of carbonyl (C=O) groups excluding carboxylic acids is 1. The maximum absolute atomic E-state index is 13.8. The Morgan fingerprint density at radius 1 is 1.06 bits per heavy atom. The minimum Gasteiger partial charge on any atom is -0.389 e. The van der Waals surface area contributed by atoms with Gasteiger partial charge in [-0.15, -0.1) is 0 Å². The monoisotopic (exact) mass is 433 g/mol. The molecule has 3 rings (SSSR count). The number of aliphatic imine (C=N–C) groups is 1. The molecule has 0 bridgehead atoms. The van der Waals surface area contributed by atoms with E-state index in [0.29, 0.717) is 24.4 Å². The smallest absolute Gasteiger partial charge is 0.160 e. The van der Waals surface area contributed by atoms with Gasteiger partial charge in [-0.3, -0.25) is 9.79 Å².